The Morgan fingerprint density at radius 1 is 0.688 bits per heavy atom. The maximum atomic E-state index is 14.6. The summed E-state index contributed by atoms with van der Waals surface area (Å²) >= 11 is 0. The monoisotopic (exact) mass is 913 g/mol. The smallest absolute Gasteiger partial charge is 0.314 e. The van der Waals surface area contributed by atoms with Gasteiger partial charge in [-0.15, -0.1) is 0 Å². The van der Waals surface area contributed by atoms with Crippen LogP contribution in [-0.2, 0) is 33.2 Å². The summed E-state index contributed by atoms with van der Waals surface area (Å²) in [6.45, 7) is 18.3. The minimum Gasteiger partial charge on any atom is -0.432 e. The molecule has 0 aromatic rings. The number of hydrogen-bond donors (Lipinski definition) is 10. The van der Waals surface area contributed by atoms with Crippen molar-refractivity contribution in [2.24, 2.45) is 56.7 Å². The molecule has 3 heterocycles. The van der Waals surface area contributed by atoms with E-state index in [2.05, 4.69) is 41.2 Å². The molecule has 366 valence electrons. The van der Waals surface area contributed by atoms with Gasteiger partial charge in [0.25, 0.3) is 0 Å². The molecule has 0 aromatic heterocycles. The van der Waals surface area contributed by atoms with Gasteiger partial charge in [-0.1, -0.05) is 46.8 Å². The zero-order chi connectivity index (χ0) is 46.8. The van der Waals surface area contributed by atoms with E-state index in [0.717, 1.165) is 44.1 Å². The van der Waals surface area contributed by atoms with Crippen molar-refractivity contribution in [2.75, 3.05) is 13.2 Å². The number of aliphatic hydroxyl groups is 10. The van der Waals surface area contributed by atoms with Crippen LogP contribution in [0.3, 0.4) is 0 Å². The van der Waals surface area contributed by atoms with Gasteiger partial charge >= 0.3 is 5.97 Å². The Morgan fingerprint density at radius 3 is 2.05 bits per heavy atom. The van der Waals surface area contributed by atoms with Gasteiger partial charge < -0.3 is 79.5 Å². The molecule has 0 spiro atoms. The maximum absolute atomic E-state index is 14.6. The van der Waals surface area contributed by atoms with Gasteiger partial charge in [-0.3, -0.25) is 4.79 Å². The van der Waals surface area contributed by atoms with Crippen LogP contribution in [0.4, 0.5) is 0 Å². The van der Waals surface area contributed by atoms with E-state index < -0.39 is 122 Å². The topological polar surface area (TPSA) is 275 Å². The summed E-state index contributed by atoms with van der Waals surface area (Å²) in [7, 11) is 0. The first-order valence-electron chi connectivity index (χ1n) is 23.7. The van der Waals surface area contributed by atoms with E-state index in [-0.39, 0.29) is 52.4 Å². The van der Waals surface area contributed by atoms with Crippen molar-refractivity contribution in [2.45, 2.75) is 204 Å². The van der Waals surface area contributed by atoms with Crippen molar-refractivity contribution in [1.29, 1.82) is 0 Å². The standard InChI is InChI=1S/C47H76O17/c1-20(2)22-11-14-47(42(58)64-40-36(57)33(54)30(51)21(3)60-40)16-15-45(7)23(29(22)47)9-10-28-44(6)17-24(49)38(43(4,5)27(44)12-13-46(28,45)8)63-41-37(34(55)32(53)26(18-48)61-41)62-39-35(56)31(52)25(50)19-59-39/h21-41,48-57H,1,9-19H2,2-8H3/t21-,22-,23+,24+,25+,26+,27-,28+,29+,30-,31-,32+,33+,34-,35+,36+,37+,38-,39-,40-,41-,44-,45+,46+,47-/m0/s1. The molecule has 5 saturated carbocycles. The van der Waals surface area contributed by atoms with Gasteiger partial charge in [0, 0.05) is 0 Å². The summed E-state index contributed by atoms with van der Waals surface area (Å²) in [6.07, 6.45) is -15.8. The molecule has 0 unspecified atom stereocenters. The molecule has 8 rings (SSSR count). The van der Waals surface area contributed by atoms with Crippen molar-refractivity contribution >= 4 is 5.97 Å². The lowest BCUT2D eigenvalue weighted by molar-refractivity contribution is -0.376. The van der Waals surface area contributed by atoms with Crippen LogP contribution in [0.25, 0.3) is 0 Å². The molecule has 0 amide bonds. The highest BCUT2D eigenvalue weighted by atomic mass is 16.8. The van der Waals surface area contributed by atoms with Crippen molar-refractivity contribution in [1.82, 2.24) is 0 Å². The molecular weight excluding hydrogens is 836 g/mol. The Bertz CT molecular complexity index is 1730. The first-order chi connectivity index (χ1) is 29.9. The SMILES string of the molecule is C=C(C)[C@@H]1CC[C@]2(C(=O)O[C@@H]3O[C@@H](C)[C@H](O)[C@@H](O)[C@H]3O)CC[C@]3(C)[C@H](CC[C@@H]4[C@@]5(C)C[C@@H](O)[C@H](O[C@@H]6O[C@H](CO)[C@@H](O)[C@H](O)[C@H]6O[C@@H]6OC[C@@H](O)[C@H](O)[C@H]6O)C(C)(C)[C@@H]5CC[C@]43C)[C@@H]12. The van der Waals surface area contributed by atoms with E-state index in [0.29, 0.717) is 19.3 Å². The van der Waals surface area contributed by atoms with Crippen molar-refractivity contribution < 1.29 is 84.3 Å². The summed E-state index contributed by atoms with van der Waals surface area (Å²) in [4.78, 5) is 14.6. The average Bonchev–Trinajstić information content (AvgIpc) is 3.64. The number of allylic oxidation sites excluding steroid dienone is 1. The fraction of sp³-hybridized carbons (Fsp3) is 0.936. The highest BCUT2D eigenvalue weighted by Gasteiger charge is 2.73. The molecule has 64 heavy (non-hydrogen) atoms. The molecule has 0 aromatic carbocycles. The lowest BCUT2D eigenvalue weighted by Gasteiger charge is -2.73. The third-order valence-corrected chi connectivity index (χ3v) is 19.3. The number of fused-ring (bicyclic) bond motifs is 7. The van der Waals surface area contributed by atoms with Gasteiger partial charge in [0.05, 0.1) is 36.9 Å². The highest BCUT2D eigenvalue weighted by Crippen LogP contribution is 2.78. The van der Waals surface area contributed by atoms with Crippen LogP contribution in [0, 0.1) is 56.7 Å². The largest absolute Gasteiger partial charge is 0.432 e. The third-order valence-electron chi connectivity index (χ3n) is 19.3. The molecule has 0 bridgehead atoms. The van der Waals surface area contributed by atoms with Gasteiger partial charge in [-0.2, -0.15) is 0 Å². The number of rotatable bonds is 8. The molecule has 8 fully saturated rings. The van der Waals surface area contributed by atoms with E-state index in [4.69, 9.17) is 28.4 Å². The number of carbonyl (C=O) groups excluding carboxylic acids is 1. The molecule has 17 heteroatoms. The average molecular weight is 913 g/mol. The molecular formula is C47H76O17. The second-order valence-electron chi connectivity index (χ2n) is 22.6. The Balaban J connectivity index is 1.04. The second-order valence-corrected chi connectivity index (χ2v) is 22.6. The first kappa shape index (κ1) is 49.0. The van der Waals surface area contributed by atoms with Gasteiger partial charge in [-0.25, -0.2) is 0 Å². The maximum Gasteiger partial charge on any atom is 0.314 e. The van der Waals surface area contributed by atoms with Crippen molar-refractivity contribution in [3.05, 3.63) is 12.2 Å². The fourth-order valence-corrected chi connectivity index (χ4v) is 15.7. The Labute approximate surface area is 376 Å². The summed E-state index contributed by atoms with van der Waals surface area (Å²) in [6, 6.07) is 0. The van der Waals surface area contributed by atoms with Gasteiger partial charge in [-0.05, 0) is 123 Å². The summed E-state index contributed by atoms with van der Waals surface area (Å²) < 4.78 is 35.9. The molecule has 10 N–H and O–H groups in total. The number of esters is 1. The molecule has 25 atom stereocenters. The third kappa shape index (κ3) is 7.31. The molecule has 17 nitrogen and oxygen atoms in total. The van der Waals surface area contributed by atoms with Gasteiger partial charge in [0.15, 0.2) is 12.6 Å². The number of carbonyl (C=O) groups is 1. The van der Waals surface area contributed by atoms with E-state index in [1.165, 1.54) is 0 Å². The van der Waals surface area contributed by atoms with E-state index in [1.54, 1.807) is 6.92 Å². The Hall–Kier alpha value is -1.39. The molecule has 0 radical (unpaired) electrons. The van der Waals surface area contributed by atoms with Crippen molar-refractivity contribution in [3.63, 3.8) is 0 Å². The quantitative estimate of drug-likeness (QED) is 0.0909. The predicted octanol–water partition coefficient (Wildman–Crippen LogP) is 0.634. The summed E-state index contributed by atoms with van der Waals surface area (Å²) in [5.74, 6) is -0.0676. The second kappa shape index (κ2) is 17.2. The minimum absolute atomic E-state index is 0.0457. The van der Waals surface area contributed by atoms with E-state index >= 15 is 0 Å². The number of ether oxygens (including phenoxy) is 6. The minimum atomic E-state index is -1.70. The Kier molecular flexibility index (Phi) is 13.2. The van der Waals surface area contributed by atoms with E-state index in [1.807, 2.05) is 6.92 Å². The molecule has 3 aliphatic heterocycles. The van der Waals surface area contributed by atoms with Crippen LogP contribution in [0.5, 0.6) is 0 Å². The fourth-order valence-electron chi connectivity index (χ4n) is 15.7. The number of hydrogen-bond acceptors (Lipinski definition) is 17. The summed E-state index contributed by atoms with van der Waals surface area (Å²) in [5, 5.41) is 107. The van der Waals surface area contributed by atoms with Gasteiger partial charge in [0.2, 0.25) is 6.29 Å². The van der Waals surface area contributed by atoms with Crippen LogP contribution < -0.4 is 0 Å². The van der Waals surface area contributed by atoms with Crippen LogP contribution in [0.15, 0.2) is 12.2 Å². The van der Waals surface area contributed by atoms with Crippen molar-refractivity contribution in [3.8, 4) is 0 Å². The molecule has 8 aliphatic rings. The molecule has 5 aliphatic carbocycles. The van der Waals surface area contributed by atoms with Crippen LogP contribution in [-0.4, -0.2) is 168 Å². The first-order valence-corrected chi connectivity index (χ1v) is 23.7. The lowest BCUT2D eigenvalue weighted by Crippen LogP contribution is -2.70. The van der Waals surface area contributed by atoms with Crippen LogP contribution >= 0.6 is 0 Å². The number of aliphatic hydroxyl groups excluding tert-OH is 10. The van der Waals surface area contributed by atoms with Gasteiger partial charge in [0.1, 0.15) is 61.0 Å². The van der Waals surface area contributed by atoms with Crippen LogP contribution in [0.2, 0.25) is 0 Å². The Morgan fingerprint density at radius 2 is 1.38 bits per heavy atom. The van der Waals surface area contributed by atoms with E-state index in [9.17, 15) is 55.9 Å². The normalized spacial score (nSPS) is 55.9. The lowest BCUT2D eigenvalue weighted by atomic mass is 9.32. The predicted molar refractivity (Wildman–Crippen MR) is 224 cm³/mol. The highest BCUT2D eigenvalue weighted by molar-refractivity contribution is 5.78. The summed E-state index contributed by atoms with van der Waals surface area (Å²) in [5.41, 5.74) is -1.27. The molecule has 3 saturated heterocycles. The zero-order valence-electron chi connectivity index (χ0n) is 38.4. The van der Waals surface area contributed by atoms with Crippen LogP contribution in [0.1, 0.15) is 106 Å². The zero-order valence-corrected chi connectivity index (χ0v) is 38.4.